The predicted molar refractivity (Wildman–Crippen MR) is 80.6 cm³/mol. The molecule has 1 aliphatic carbocycles. The molecule has 0 saturated heterocycles. The summed E-state index contributed by atoms with van der Waals surface area (Å²) in [6.45, 7) is 4.58. The van der Waals surface area contributed by atoms with Gasteiger partial charge in [-0.1, -0.05) is 0 Å². The zero-order valence-electron chi connectivity index (χ0n) is 12.1. The molecule has 1 aromatic rings. The number of hydrogen-bond acceptors (Lipinski definition) is 5. The molecule has 5 nitrogen and oxygen atoms in total. The maximum absolute atomic E-state index is 12.4. The molecular formula is C13H22N2O3S2. The molecule has 20 heavy (non-hydrogen) atoms. The van der Waals surface area contributed by atoms with Crippen molar-refractivity contribution in [3.05, 3.63) is 15.8 Å². The summed E-state index contributed by atoms with van der Waals surface area (Å²) in [7, 11) is -1.90. The molecule has 2 rings (SSSR count). The first-order valence-electron chi connectivity index (χ1n) is 6.77. The zero-order chi connectivity index (χ0) is 14.8. The maximum Gasteiger partial charge on any atom is 0.242 e. The molecule has 0 spiro atoms. The van der Waals surface area contributed by atoms with Crippen molar-refractivity contribution >= 4 is 21.4 Å². The summed E-state index contributed by atoms with van der Waals surface area (Å²) in [5.74, 6) is 0. The largest absolute Gasteiger partial charge is 0.380 e. The second-order valence-electron chi connectivity index (χ2n) is 5.22. The molecule has 1 saturated carbocycles. The molecule has 0 bridgehead atoms. The standard InChI is InChI=1S/C13H22N2O3S2/c1-9-8-19-12(7-14-11-4-5-11)13(9)20(16,17)15-6-10(2)18-3/h8,10-11,14-15H,4-7H2,1-3H3. The number of hydrogen-bond donors (Lipinski definition) is 2. The molecule has 1 heterocycles. The van der Waals surface area contributed by atoms with Crippen LogP contribution in [0.3, 0.4) is 0 Å². The van der Waals surface area contributed by atoms with E-state index in [4.69, 9.17) is 4.74 Å². The second-order valence-corrected chi connectivity index (χ2v) is 7.89. The van der Waals surface area contributed by atoms with Gasteiger partial charge in [-0.25, -0.2) is 13.1 Å². The molecule has 1 fully saturated rings. The minimum absolute atomic E-state index is 0.142. The van der Waals surface area contributed by atoms with Crippen LogP contribution in [0.25, 0.3) is 0 Å². The van der Waals surface area contributed by atoms with Crippen LogP contribution in [-0.2, 0) is 21.3 Å². The van der Waals surface area contributed by atoms with E-state index >= 15 is 0 Å². The van der Waals surface area contributed by atoms with E-state index in [0.717, 1.165) is 10.4 Å². The van der Waals surface area contributed by atoms with Gasteiger partial charge in [-0.15, -0.1) is 11.3 Å². The van der Waals surface area contributed by atoms with Crippen molar-refractivity contribution in [3.8, 4) is 0 Å². The summed E-state index contributed by atoms with van der Waals surface area (Å²) < 4.78 is 32.6. The highest BCUT2D eigenvalue weighted by atomic mass is 32.2. The summed E-state index contributed by atoms with van der Waals surface area (Å²) in [5.41, 5.74) is 0.806. The number of nitrogens with one attached hydrogen (secondary N) is 2. The molecule has 0 amide bonds. The van der Waals surface area contributed by atoms with Crippen LogP contribution >= 0.6 is 11.3 Å². The minimum atomic E-state index is -3.47. The van der Waals surface area contributed by atoms with Gasteiger partial charge in [-0.05, 0) is 37.6 Å². The molecule has 0 aromatic carbocycles. The van der Waals surface area contributed by atoms with Gasteiger partial charge in [0.2, 0.25) is 10.0 Å². The zero-order valence-corrected chi connectivity index (χ0v) is 13.7. The van der Waals surface area contributed by atoms with Crippen LogP contribution in [0, 0.1) is 6.92 Å². The van der Waals surface area contributed by atoms with Crippen molar-refractivity contribution in [1.29, 1.82) is 0 Å². The lowest BCUT2D eigenvalue weighted by Gasteiger charge is -2.13. The molecule has 1 unspecified atom stereocenters. The number of sulfonamides is 1. The Balaban J connectivity index is 2.10. The third kappa shape index (κ3) is 4.02. The van der Waals surface area contributed by atoms with E-state index in [-0.39, 0.29) is 12.6 Å². The fourth-order valence-corrected chi connectivity index (χ4v) is 4.75. The highest BCUT2D eigenvalue weighted by Gasteiger charge is 2.25. The second kappa shape index (κ2) is 6.53. The Labute approximate surface area is 124 Å². The van der Waals surface area contributed by atoms with Gasteiger partial charge < -0.3 is 10.1 Å². The lowest BCUT2D eigenvalue weighted by atomic mass is 10.3. The first kappa shape index (κ1) is 15.9. The Morgan fingerprint density at radius 3 is 2.80 bits per heavy atom. The van der Waals surface area contributed by atoms with Crippen LogP contribution < -0.4 is 10.0 Å². The summed E-state index contributed by atoms with van der Waals surface area (Å²) in [6, 6.07) is 0.564. The van der Waals surface area contributed by atoms with Crippen molar-refractivity contribution in [2.24, 2.45) is 0 Å². The highest BCUT2D eigenvalue weighted by Crippen LogP contribution is 2.28. The molecule has 0 aliphatic heterocycles. The lowest BCUT2D eigenvalue weighted by molar-refractivity contribution is 0.122. The number of rotatable bonds is 8. The van der Waals surface area contributed by atoms with Crippen LogP contribution in [0.15, 0.2) is 10.3 Å². The van der Waals surface area contributed by atoms with Gasteiger partial charge in [-0.2, -0.15) is 0 Å². The molecule has 1 aromatic heterocycles. The van der Waals surface area contributed by atoms with E-state index in [1.165, 1.54) is 24.2 Å². The van der Waals surface area contributed by atoms with Gasteiger partial charge in [-0.3, -0.25) is 0 Å². The Bertz CT molecular complexity index is 550. The van der Waals surface area contributed by atoms with Crippen LogP contribution in [0.4, 0.5) is 0 Å². The first-order valence-corrected chi connectivity index (χ1v) is 9.13. The van der Waals surface area contributed by atoms with Gasteiger partial charge in [0.25, 0.3) is 0 Å². The first-order chi connectivity index (χ1) is 9.44. The fourth-order valence-electron chi connectivity index (χ4n) is 1.88. The van der Waals surface area contributed by atoms with Gasteiger partial charge >= 0.3 is 0 Å². The highest BCUT2D eigenvalue weighted by molar-refractivity contribution is 7.89. The average molecular weight is 318 g/mol. The van der Waals surface area contributed by atoms with Crippen molar-refractivity contribution < 1.29 is 13.2 Å². The normalized spacial score (nSPS) is 17.4. The molecular weight excluding hydrogens is 296 g/mol. The summed E-state index contributed by atoms with van der Waals surface area (Å²) in [6.07, 6.45) is 2.24. The Morgan fingerprint density at radius 2 is 2.20 bits per heavy atom. The van der Waals surface area contributed by atoms with Gasteiger partial charge in [0.05, 0.1) is 6.10 Å². The van der Waals surface area contributed by atoms with Crippen molar-refractivity contribution in [3.63, 3.8) is 0 Å². The molecule has 1 atom stereocenters. The van der Waals surface area contributed by atoms with E-state index < -0.39 is 10.0 Å². The Kier molecular flexibility index (Phi) is 5.19. The summed E-state index contributed by atoms with van der Waals surface area (Å²) in [4.78, 5) is 1.31. The van der Waals surface area contributed by atoms with Crippen LogP contribution in [0.5, 0.6) is 0 Å². The minimum Gasteiger partial charge on any atom is -0.380 e. The molecule has 1 aliphatic rings. The average Bonchev–Trinajstić information content (AvgIpc) is 3.16. The van der Waals surface area contributed by atoms with Crippen molar-refractivity contribution in [2.75, 3.05) is 13.7 Å². The topological polar surface area (TPSA) is 67.4 Å². The Morgan fingerprint density at radius 1 is 1.50 bits per heavy atom. The number of aryl methyl sites for hydroxylation is 1. The SMILES string of the molecule is COC(C)CNS(=O)(=O)c1c(C)csc1CNC1CC1. The predicted octanol–water partition coefficient (Wildman–Crippen LogP) is 1.62. The quantitative estimate of drug-likeness (QED) is 0.764. The number of thiophene rings is 1. The number of methoxy groups -OCH3 is 1. The maximum atomic E-state index is 12.4. The van der Waals surface area contributed by atoms with Crippen LogP contribution in [0.1, 0.15) is 30.2 Å². The van der Waals surface area contributed by atoms with E-state index in [0.29, 0.717) is 17.5 Å². The van der Waals surface area contributed by atoms with E-state index in [1.807, 2.05) is 19.2 Å². The summed E-state index contributed by atoms with van der Waals surface area (Å²) >= 11 is 1.50. The third-order valence-electron chi connectivity index (χ3n) is 3.35. The third-order valence-corrected chi connectivity index (χ3v) is 6.24. The molecule has 7 heteroatoms. The van der Waals surface area contributed by atoms with E-state index in [9.17, 15) is 8.42 Å². The van der Waals surface area contributed by atoms with E-state index in [1.54, 1.807) is 7.11 Å². The fraction of sp³-hybridized carbons (Fsp3) is 0.692. The monoisotopic (exact) mass is 318 g/mol. The Hall–Kier alpha value is -0.470. The smallest absolute Gasteiger partial charge is 0.242 e. The number of ether oxygens (including phenoxy) is 1. The molecule has 2 N–H and O–H groups in total. The van der Waals surface area contributed by atoms with E-state index in [2.05, 4.69) is 10.0 Å². The van der Waals surface area contributed by atoms with Gasteiger partial charge in [0, 0.05) is 31.1 Å². The molecule has 114 valence electrons. The summed E-state index contributed by atoms with van der Waals surface area (Å²) in [5, 5.41) is 5.27. The van der Waals surface area contributed by atoms with Crippen LogP contribution in [-0.4, -0.2) is 34.2 Å². The van der Waals surface area contributed by atoms with Crippen molar-refractivity contribution in [2.45, 2.75) is 50.3 Å². The van der Waals surface area contributed by atoms with Crippen molar-refractivity contribution in [1.82, 2.24) is 10.0 Å². The van der Waals surface area contributed by atoms with Gasteiger partial charge in [0.15, 0.2) is 0 Å². The lowest BCUT2D eigenvalue weighted by Crippen LogP contribution is -2.32. The molecule has 0 radical (unpaired) electrons. The van der Waals surface area contributed by atoms with Gasteiger partial charge in [0.1, 0.15) is 4.90 Å². The van der Waals surface area contributed by atoms with Crippen LogP contribution in [0.2, 0.25) is 0 Å².